The Bertz CT molecular complexity index is 429. The first-order valence-corrected chi connectivity index (χ1v) is 5.25. The maximum absolute atomic E-state index is 11.5. The Morgan fingerprint density at radius 1 is 1.56 bits per heavy atom. The molecule has 1 aromatic rings. The predicted molar refractivity (Wildman–Crippen MR) is 60.8 cm³/mol. The lowest BCUT2D eigenvalue weighted by Gasteiger charge is -2.27. The molecular weight excluding hydrogens is 206 g/mol. The summed E-state index contributed by atoms with van der Waals surface area (Å²) in [7, 11) is 1.57. The summed E-state index contributed by atoms with van der Waals surface area (Å²) in [6.07, 6.45) is 0.331. The number of hydrogen-bond acceptors (Lipinski definition) is 3. The second-order valence-electron chi connectivity index (χ2n) is 4.01. The van der Waals surface area contributed by atoms with E-state index < -0.39 is 0 Å². The molecule has 1 aliphatic rings. The van der Waals surface area contributed by atoms with Crippen LogP contribution in [-0.2, 0) is 4.79 Å². The van der Waals surface area contributed by atoms with E-state index in [-0.39, 0.29) is 18.4 Å². The molecule has 2 N–H and O–H groups in total. The third-order valence-corrected chi connectivity index (χ3v) is 2.97. The second-order valence-corrected chi connectivity index (χ2v) is 4.01. The summed E-state index contributed by atoms with van der Waals surface area (Å²) >= 11 is 0. The number of carbonyl (C=O) groups excluding carboxylic acids is 1. The van der Waals surface area contributed by atoms with Crippen LogP contribution in [0.2, 0.25) is 0 Å². The Hall–Kier alpha value is -1.55. The molecular formula is C12H15NO3. The molecule has 16 heavy (non-hydrogen) atoms. The molecule has 1 aromatic carbocycles. The highest BCUT2D eigenvalue weighted by atomic mass is 16.5. The molecule has 1 unspecified atom stereocenters. The number of aryl methyl sites for hydroxylation is 1. The molecule has 1 atom stereocenters. The lowest BCUT2D eigenvalue weighted by Crippen LogP contribution is -2.25. The molecule has 4 nitrogen and oxygen atoms in total. The van der Waals surface area contributed by atoms with E-state index in [2.05, 4.69) is 5.32 Å². The molecule has 0 saturated heterocycles. The largest absolute Gasteiger partial charge is 0.495 e. The highest BCUT2D eigenvalue weighted by Gasteiger charge is 2.28. The van der Waals surface area contributed by atoms with Gasteiger partial charge in [0.25, 0.3) is 0 Å². The van der Waals surface area contributed by atoms with Gasteiger partial charge < -0.3 is 15.2 Å². The third kappa shape index (κ3) is 1.65. The molecule has 0 radical (unpaired) electrons. The predicted octanol–water partition coefficient (Wildman–Crippen LogP) is 1.42. The van der Waals surface area contributed by atoms with Crippen LogP contribution in [0.15, 0.2) is 12.1 Å². The zero-order chi connectivity index (χ0) is 11.7. The lowest BCUT2D eigenvalue weighted by molar-refractivity contribution is -0.117. The summed E-state index contributed by atoms with van der Waals surface area (Å²) in [6, 6.07) is 3.77. The van der Waals surface area contributed by atoms with E-state index in [1.165, 1.54) is 0 Å². The summed E-state index contributed by atoms with van der Waals surface area (Å²) in [5.41, 5.74) is 2.76. The number of anilines is 1. The zero-order valence-corrected chi connectivity index (χ0v) is 9.41. The maximum atomic E-state index is 11.5. The van der Waals surface area contributed by atoms with E-state index >= 15 is 0 Å². The number of rotatable bonds is 2. The van der Waals surface area contributed by atoms with Crippen molar-refractivity contribution in [2.24, 2.45) is 0 Å². The van der Waals surface area contributed by atoms with Crippen LogP contribution in [0.3, 0.4) is 0 Å². The van der Waals surface area contributed by atoms with E-state index in [4.69, 9.17) is 4.74 Å². The lowest BCUT2D eigenvalue weighted by atomic mass is 9.87. The summed E-state index contributed by atoms with van der Waals surface area (Å²) in [5, 5.41) is 12.1. The van der Waals surface area contributed by atoms with Gasteiger partial charge in [0.2, 0.25) is 5.91 Å². The van der Waals surface area contributed by atoms with E-state index in [1.54, 1.807) is 7.11 Å². The number of benzene rings is 1. The average molecular weight is 221 g/mol. The number of nitrogens with one attached hydrogen (secondary N) is 1. The molecule has 1 aliphatic heterocycles. The summed E-state index contributed by atoms with van der Waals surface area (Å²) in [5.74, 6) is 0.446. The fourth-order valence-corrected chi connectivity index (χ4v) is 2.20. The first-order valence-electron chi connectivity index (χ1n) is 5.25. The van der Waals surface area contributed by atoms with Gasteiger partial charge >= 0.3 is 0 Å². The molecule has 86 valence electrons. The van der Waals surface area contributed by atoms with E-state index in [1.807, 2.05) is 19.1 Å². The van der Waals surface area contributed by atoms with E-state index in [9.17, 15) is 9.90 Å². The number of methoxy groups -OCH3 is 1. The Morgan fingerprint density at radius 2 is 2.31 bits per heavy atom. The van der Waals surface area contributed by atoms with Crippen molar-refractivity contribution in [1.82, 2.24) is 0 Å². The van der Waals surface area contributed by atoms with Crippen LogP contribution in [0.1, 0.15) is 23.5 Å². The fourth-order valence-electron chi connectivity index (χ4n) is 2.20. The van der Waals surface area contributed by atoms with Crippen molar-refractivity contribution < 1.29 is 14.6 Å². The summed E-state index contributed by atoms with van der Waals surface area (Å²) in [6.45, 7) is 1.95. The van der Waals surface area contributed by atoms with Crippen LogP contribution in [0.5, 0.6) is 5.75 Å². The quantitative estimate of drug-likeness (QED) is 0.794. The highest BCUT2D eigenvalue weighted by molar-refractivity contribution is 5.96. The van der Waals surface area contributed by atoms with Gasteiger partial charge in [-0.25, -0.2) is 0 Å². The van der Waals surface area contributed by atoms with Gasteiger partial charge in [0.15, 0.2) is 0 Å². The molecule has 0 spiro atoms. The molecule has 1 heterocycles. The monoisotopic (exact) mass is 221 g/mol. The Balaban J connectivity index is 2.59. The van der Waals surface area contributed by atoms with Gasteiger partial charge in [-0.1, -0.05) is 6.07 Å². The molecule has 0 bridgehead atoms. The maximum Gasteiger partial charge on any atom is 0.225 e. The van der Waals surface area contributed by atoms with Crippen molar-refractivity contribution in [2.45, 2.75) is 19.3 Å². The van der Waals surface area contributed by atoms with Crippen molar-refractivity contribution in [2.75, 3.05) is 19.0 Å². The van der Waals surface area contributed by atoms with E-state index in [0.29, 0.717) is 17.9 Å². The Morgan fingerprint density at radius 3 is 2.94 bits per heavy atom. The smallest absolute Gasteiger partial charge is 0.225 e. The van der Waals surface area contributed by atoms with Crippen molar-refractivity contribution >= 4 is 11.6 Å². The average Bonchev–Trinajstić information content (AvgIpc) is 2.28. The van der Waals surface area contributed by atoms with Crippen LogP contribution in [0, 0.1) is 6.92 Å². The number of hydrogen-bond donors (Lipinski definition) is 2. The summed E-state index contributed by atoms with van der Waals surface area (Å²) in [4.78, 5) is 11.5. The van der Waals surface area contributed by atoms with Gasteiger partial charge in [-0.2, -0.15) is 0 Å². The van der Waals surface area contributed by atoms with Gasteiger partial charge in [-0.15, -0.1) is 0 Å². The molecule has 0 aromatic heterocycles. The minimum absolute atomic E-state index is 0.0194. The molecule has 4 heteroatoms. The minimum atomic E-state index is -0.126. The zero-order valence-electron chi connectivity index (χ0n) is 9.41. The van der Waals surface area contributed by atoms with Crippen molar-refractivity contribution in [3.8, 4) is 5.75 Å². The number of carbonyl (C=O) groups is 1. The molecule has 0 saturated carbocycles. The molecule has 0 aliphatic carbocycles. The molecule has 0 fully saturated rings. The topological polar surface area (TPSA) is 58.6 Å². The number of aliphatic hydroxyl groups is 1. The van der Waals surface area contributed by atoms with Gasteiger partial charge in [0.05, 0.1) is 19.4 Å². The van der Waals surface area contributed by atoms with E-state index in [0.717, 1.165) is 11.1 Å². The van der Waals surface area contributed by atoms with Gasteiger partial charge in [0, 0.05) is 12.3 Å². The highest BCUT2D eigenvalue weighted by Crippen LogP contribution is 2.40. The van der Waals surface area contributed by atoms with Crippen LogP contribution in [0.4, 0.5) is 5.69 Å². The van der Waals surface area contributed by atoms with Crippen LogP contribution in [0.25, 0.3) is 0 Å². The SMILES string of the molecule is COc1ccc(C)c2c1NC(=O)CC2CO. The number of ether oxygens (including phenoxy) is 1. The van der Waals surface area contributed by atoms with Crippen LogP contribution >= 0.6 is 0 Å². The van der Waals surface area contributed by atoms with Gasteiger partial charge in [-0.3, -0.25) is 4.79 Å². The number of fused-ring (bicyclic) bond motifs is 1. The fraction of sp³-hybridized carbons (Fsp3) is 0.417. The first-order chi connectivity index (χ1) is 7.67. The van der Waals surface area contributed by atoms with Crippen LogP contribution in [-0.4, -0.2) is 24.7 Å². The Kier molecular flexibility index (Phi) is 2.83. The van der Waals surface area contributed by atoms with Gasteiger partial charge in [0.1, 0.15) is 5.75 Å². The first kappa shape index (κ1) is 11.0. The molecule has 2 rings (SSSR count). The summed E-state index contributed by atoms with van der Waals surface area (Å²) < 4.78 is 5.21. The van der Waals surface area contributed by atoms with Crippen molar-refractivity contribution in [1.29, 1.82) is 0 Å². The van der Waals surface area contributed by atoms with Crippen molar-refractivity contribution in [3.63, 3.8) is 0 Å². The van der Waals surface area contributed by atoms with Crippen LogP contribution < -0.4 is 10.1 Å². The molecule has 1 amide bonds. The van der Waals surface area contributed by atoms with Crippen molar-refractivity contribution in [3.05, 3.63) is 23.3 Å². The Labute approximate surface area is 94.2 Å². The standard InChI is InChI=1S/C12H15NO3/c1-7-3-4-9(16-2)12-11(7)8(6-14)5-10(15)13-12/h3-4,8,14H,5-6H2,1-2H3,(H,13,15). The number of amides is 1. The second kappa shape index (κ2) is 4.14. The number of aliphatic hydroxyl groups excluding tert-OH is 1. The normalized spacial score (nSPS) is 18.9. The minimum Gasteiger partial charge on any atom is -0.495 e. The van der Waals surface area contributed by atoms with Gasteiger partial charge in [-0.05, 0) is 24.1 Å². The third-order valence-electron chi connectivity index (χ3n) is 2.97.